The molecule has 1 aliphatic rings. The zero-order valence-electron chi connectivity index (χ0n) is 8.02. The van der Waals surface area contributed by atoms with E-state index in [-0.39, 0.29) is 0 Å². The summed E-state index contributed by atoms with van der Waals surface area (Å²) in [5.74, 6) is 0.678. The molecule has 0 saturated heterocycles. The lowest BCUT2D eigenvalue weighted by Gasteiger charge is -2.01. The predicted octanol–water partition coefficient (Wildman–Crippen LogP) is 1.80. The minimum atomic E-state index is 0.678. The van der Waals surface area contributed by atoms with Gasteiger partial charge in [0.15, 0.2) is 5.82 Å². The number of hydrogen-bond acceptors (Lipinski definition) is 3. The van der Waals surface area contributed by atoms with Crippen molar-refractivity contribution in [3.05, 3.63) is 35.0 Å². The van der Waals surface area contributed by atoms with Crippen molar-refractivity contribution in [2.24, 2.45) is 0 Å². The molecule has 3 rings (SSSR count). The molecule has 0 atom stereocenters. The Morgan fingerprint density at radius 1 is 1.27 bits per heavy atom. The first-order valence-electron chi connectivity index (χ1n) is 4.89. The Hall–Kier alpha value is -1.42. The van der Waals surface area contributed by atoms with Gasteiger partial charge in [-0.05, 0) is 19.3 Å². The lowest BCUT2D eigenvalue weighted by Crippen LogP contribution is -2.01. The normalized spacial score (nSPS) is 14.2. The molecule has 0 radical (unpaired) electrons. The second-order valence-corrected chi connectivity index (χ2v) is 3.90. The van der Waals surface area contributed by atoms with Gasteiger partial charge in [0, 0.05) is 18.0 Å². The standard InChI is InChI=1S/C10H9ClN4/c11-10-7-2-1-3-8(7)14-15(10)9-6-12-4-5-13-9/h4-6H,1-3H2. The first-order valence-corrected chi connectivity index (χ1v) is 5.27. The van der Waals surface area contributed by atoms with Crippen molar-refractivity contribution in [3.8, 4) is 5.82 Å². The maximum atomic E-state index is 6.24. The topological polar surface area (TPSA) is 43.6 Å². The molecule has 4 nitrogen and oxygen atoms in total. The number of nitrogens with zero attached hydrogens (tertiary/aromatic N) is 4. The second kappa shape index (κ2) is 3.31. The minimum absolute atomic E-state index is 0.678. The molecule has 0 fully saturated rings. The van der Waals surface area contributed by atoms with Crippen molar-refractivity contribution in [1.29, 1.82) is 0 Å². The van der Waals surface area contributed by atoms with E-state index in [1.807, 2.05) is 0 Å². The van der Waals surface area contributed by atoms with Gasteiger partial charge in [0.2, 0.25) is 0 Å². The van der Waals surface area contributed by atoms with E-state index in [1.54, 1.807) is 23.3 Å². The van der Waals surface area contributed by atoms with Crippen molar-refractivity contribution in [2.75, 3.05) is 0 Å². The molecule has 0 spiro atoms. The van der Waals surface area contributed by atoms with E-state index in [0.29, 0.717) is 11.0 Å². The van der Waals surface area contributed by atoms with Gasteiger partial charge >= 0.3 is 0 Å². The molecule has 5 heteroatoms. The van der Waals surface area contributed by atoms with Gasteiger partial charge in [-0.3, -0.25) is 4.98 Å². The number of fused-ring (bicyclic) bond motifs is 1. The van der Waals surface area contributed by atoms with Crippen molar-refractivity contribution in [3.63, 3.8) is 0 Å². The summed E-state index contributed by atoms with van der Waals surface area (Å²) < 4.78 is 1.67. The lowest BCUT2D eigenvalue weighted by molar-refractivity contribution is 0.781. The SMILES string of the molecule is Clc1c2c(nn1-c1cnccn1)CCC2. The molecule has 0 aliphatic heterocycles. The van der Waals surface area contributed by atoms with Crippen LogP contribution in [0.2, 0.25) is 5.15 Å². The number of halogens is 1. The van der Waals surface area contributed by atoms with Crippen LogP contribution in [0.4, 0.5) is 0 Å². The zero-order chi connectivity index (χ0) is 10.3. The van der Waals surface area contributed by atoms with Gasteiger partial charge in [0.1, 0.15) is 5.15 Å². The van der Waals surface area contributed by atoms with Crippen LogP contribution in [-0.4, -0.2) is 19.7 Å². The molecule has 0 saturated carbocycles. The first kappa shape index (κ1) is 8.85. The van der Waals surface area contributed by atoms with Gasteiger partial charge in [-0.2, -0.15) is 5.10 Å². The average Bonchev–Trinajstić information content (AvgIpc) is 2.83. The van der Waals surface area contributed by atoms with Gasteiger partial charge in [-0.25, -0.2) is 9.67 Å². The quantitative estimate of drug-likeness (QED) is 0.736. The Bertz CT molecular complexity index is 492. The van der Waals surface area contributed by atoms with E-state index < -0.39 is 0 Å². The van der Waals surface area contributed by atoms with Crippen LogP contribution >= 0.6 is 11.6 Å². The molecule has 76 valence electrons. The fraction of sp³-hybridized carbons (Fsp3) is 0.300. The summed E-state index contributed by atoms with van der Waals surface area (Å²) in [5.41, 5.74) is 2.27. The van der Waals surface area contributed by atoms with Gasteiger partial charge in [-0.1, -0.05) is 11.6 Å². The average molecular weight is 221 g/mol. The highest BCUT2D eigenvalue weighted by atomic mass is 35.5. The van der Waals surface area contributed by atoms with E-state index in [4.69, 9.17) is 11.6 Å². The van der Waals surface area contributed by atoms with Crippen molar-refractivity contribution < 1.29 is 0 Å². The van der Waals surface area contributed by atoms with Gasteiger partial charge in [0.25, 0.3) is 0 Å². The summed E-state index contributed by atoms with van der Waals surface area (Å²) in [6.07, 6.45) is 8.12. The largest absolute Gasteiger partial charge is 0.259 e. The van der Waals surface area contributed by atoms with Crippen molar-refractivity contribution >= 4 is 11.6 Å². The van der Waals surface area contributed by atoms with Crippen LogP contribution in [0.5, 0.6) is 0 Å². The first-order chi connectivity index (χ1) is 7.36. The van der Waals surface area contributed by atoms with Crippen LogP contribution < -0.4 is 0 Å². The van der Waals surface area contributed by atoms with Crippen LogP contribution in [0, 0.1) is 0 Å². The molecule has 0 bridgehead atoms. The Kier molecular flexibility index (Phi) is 1.95. The van der Waals surface area contributed by atoms with Crippen LogP contribution in [-0.2, 0) is 12.8 Å². The van der Waals surface area contributed by atoms with Gasteiger partial charge in [0.05, 0.1) is 11.9 Å². The third-order valence-electron chi connectivity index (χ3n) is 2.61. The Morgan fingerprint density at radius 3 is 2.93 bits per heavy atom. The van der Waals surface area contributed by atoms with E-state index >= 15 is 0 Å². The summed E-state index contributed by atoms with van der Waals surface area (Å²) >= 11 is 6.24. The molecule has 0 unspecified atom stereocenters. The molecule has 0 aromatic carbocycles. The molecular formula is C10H9ClN4. The van der Waals surface area contributed by atoms with E-state index in [1.165, 1.54) is 5.56 Å². The highest BCUT2D eigenvalue weighted by Gasteiger charge is 2.21. The van der Waals surface area contributed by atoms with Crippen LogP contribution in [0.15, 0.2) is 18.6 Å². The van der Waals surface area contributed by atoms with Crippen molar-refractivity contribution in [2.45, 2.75) is 19.3 Å². The molecule has 2 heterocycles. The lowest BCUT2D eigenvalue weighted by atomic mass is 10.3. The third kappa shape index (κ3) is 1.33. The number of hydrogen-bond donors (Lipinski definition) is 0. The maximum Gasteiger partial charge on any atom is 0.173 e. The predicted molar refractivity (Wildman–Crippen MR) is 56.2 cm³/mol. The Labute approximate surface area is 91.9 Å². The Morgan fingerprint density at radius 2 is 2.20 bits per heavy atom. The highest BCUT2D eigenvalue weighted by Crippen LogP contribution is 2.29. The monoisotopic (exact) mass is 220 g/mol. The van der Waals surface area contributed by atoms with Crippen molar-refractivity contribution in [1.82, 2.24) is 19.7 Å². The van der Waals surface area contributed by atoms with E-state index in [9.17, 15) is 0 Å². The Balaban J connectivity index is 2.14. The summed E-state index contributed by atoms with van der Waals surface area (Å²) in [6.45, 7) is 0. The number of aryl methyl sites for hydroxylation is 1. The molecular weight excluding hydrogens is 212 g/mol. The third-order valence-corrected chi connectivity index (χ3v) is 3.00. The fourth-order valence-corrected chi connectivity index (χ4v) is 2.23. The maximum absolute atomic E-state index is 6.24. The van der Waals surface area contributed by atoms with Crippen LogP contribution in [0.3, 0.4) is 0 Å². The molecule has 1 aliphatic carbocycles. The summed E-state index contributed by atoms with van der Waals surface area (Å²) in [5, 5.41) is 5.13. The molecule has 2 aromatic heterocycles. The van der Waals surface area contributed by atoms with Crippen LogP contribution in [0.25, 0.3) is 5.82 Å². The second-order valence-electron chi connectivity index (χ2n) is 3.55. The summed E-state index contributed by atoms with van der Waals surface area (Å²) in [6, 6.07) is 0. The van der Waals surface area contributed by atoms with E-state index in [2.05, 4.69) is 15.1 Å². The van der Waals surface area contributed by atoms with Crippen LogP contribution in [0.1, 0.15) is 17.7 Å². The van der Waals surface area contributed by atoms with E-state index in [0.717, 1.165) is 25.0 Å². The highest BCUT2D eigenvalue weighted by molar-refractivity contribution is 6.30. The molecule has 0 amide bonds. The van der Waals surface area contributed by atoms with Gasteiger partial charge in [-0.15, -0.1) is 0 Å². The number of aromatic nitrogens is 4. The summed E-state index contributed by atoms with van der Waals surface area (Å²) in [7, 11) is 0. The fourth-order valence-electron chi connectivity index (χ4n) is 1.91. The summed E-state index contributed by atoms with van der Waals surface area (Å²) in [4.78, 5) is 8.18. The minimum Gasteiger partial charge on any atom is -0.259 e. The van der Waals surface area contributed by atoms with Gasteiger partial charge < -0.3 is 0 Å². The number of rotatable bonds is 1. The zero-order valence-corrected chi connectivity index (χ0v) is 8.78. The smallest absolute Gasteiger partial charge is 0.173 e. The molecule has 2 aromatic rings. The molecule has 0 N–H and O–H groups in total. The molecule has 15 heavy (non-hydrogen) atoms.